The fourth-order valence-electron chi connectivity index (χ4n) is 2.45. The number of hydrogen-bond donors (Lipinski definition) is 0. The Morgan fingerprint density at radius 2 is 1.65 bits per heavy atom. The number of hydrogen-bond acceptors (Lipinski definition) is 3. The van der Waals surface area contributed by atoms with E-state index in [-0.39, 0.29) is 5.97 Å². The highest BCUT2D eigenvalue weighted by Gasteiger charge is 2.10. The van der Waals surface area contributed by atoms with E-state index in [1.165, 1.54) is 32.1 Å². The highest BCUT2D eigenvalue weighted by Crippen LogP contribution is 2.18. The van der Waals surface area contributed by atoms with Crippen molar-refractivity contribution in [1.82, 2.24) is 0 Å². The number of carbonyl (C=O) groups is 1. The van der Waals surface area contributed by atoms with Gasteiger partial charge in [0, 0.05) is 5.57 Å². The van der Waals surface area contributed by atoms with Crippen LogP contribution >= 0.6 is 0 Å². The lowest BCUT2D eigenvalue weighted by molar-refractivity contribution is -0.138. The van der Waals surface area contributed by atoms with Gasteiger partial charge in [-0.05, 0) is 43.5 Å². The maximum absolute atomic E-state index is 12.1. The van der Waals surface area contributed by atoms with Gasteiger partial charge in [0.2, 0.25) is 0 Å². The molecular weight excluding hydrogens is 288 g/mol. The average molecular weight is 318 g/mol. The summed E-state index contributed by atoms with van der Waals surface area (Å²) in [4.78, 5) is 12.1. The Morgan fingerprint density at radius 3 is 2.26 bits per heavy atom. The predicted molar refractivity (Wildman–Crippen MR) is 95.6 cm³/mol. The van der Waals surface area contributed by atoms with Crippen LogP contribution in [0.5, 0.6) is 5.75 Å². The highest BCUT2D eigenvalue weighted by molar-refractivity contribution is 5.93. The van der Waals surface area contributed by atoms with Gasteiger partial charge in [0.15, 0.2) is 0 Å². The molecule has 0 bridgehead atoms. The van der Waals surface area contributed by atoms with Crippen LogP contribution < -0.4 is 4.74 Å². The van der Waals surface area contributed by atoms with E-state index in [4.69, 9.17) is 9.47 Å². The van der Waals surface area contributed by atoms with Gasteiger partial charge in [-0.1, -0.05) is 51.2 Å². The predicted octanol–water partition coefficient (Wildman–Crippen LogP) is 5.39. The second-order valence-electron chi connectivity index (χ2n) is 5.68. The van der Waals surface area contributed by atoms with Crippen LogP contribution in [0.4, 0.5) is 0 Å². The number of ether oxygens (including phenoxy) is 2. The van der Waals surface area contributed by atoms with Crippen molar-refractivity contribution in [3.05, 3.63) is 35.4 Å². The summed E-state index contributed by atoms with van der Waals surface area (Å²) >= 11 is 0. The molecule has 0 saturated carbocycles. The van der Waals surface area contributed by atoms with Crippen molar-refractivity contribution >= 4 is 12.0 Å². The molecule has 0 atom stereocenters. The molecule has 23 heavy (non-hydrogen) atoms. The van der Waals surface area contributed by atoms with Crippen LogP contribution in [0, 0.1) is 0 Å². The SMILES string of the molecule is CCCCCCCC/C(=C\c1ccc(OC)cc1)C(=O)OCC. The van der Waals surface area contributed by atoms with Crippen LogP contribution in [0.1, 0.15) is 64.4 Å². The van der Waals surface area contributed by atoms with Gasteiger partial charge < -0.3 is 9.47 Å². The summed E-state index contributed by atoms with van der Waals surface area (Å²) in [6, 6.07) is 7.72. The molecule has 0 fully saturated rings. The number of benzene rings is 1. The van der Waals surface area contributed by atoms with E-state index in [0.29, 0.717) is 6.61 Å². The molecule has 0 aliphatic rings. The van der Waals surface area contributed by atoms with Crippen molar-refractivity contribution in [2.45, 2.75) is 58.8 Å². The van der Waals surface area contributed by atoms with Gasteiger partial charge in [-0.3, -0.25) is 0 Å². The van der Waals surface area contributed by atoms with Gasteiger partial charge >= 0.3 is 5.97 Å². The smallest absolute Gasteiger partial charge is 0.334 e. The van der Waals surface area contributed by atoms with Crippen LogP contribution in [0.2, 0.25) is 0 Å². The third-order valence-corrected chi connectivity index (χ3v) is 3.79. The van der Waals surface area contributed by atoms with Crippen LogP contribution in [0.25, 0.3) is 6.08 Å². The van der Waals surface area contributed by atoms with Crippen molar-refractivity contribution < 1.29 is 14.3 Å². The molecule has 3 heteroatoms. The monoisotopic (exact) mass is 318 g/mol. The number of methoxy groups -OCH3 is 1. The molecule has 0 aromatic heterocycles. The second kappa shape index (κ2) is 11.8. The van der Waals surface area contributed by atoms with Crippen molar-refractivity contribution in [1.29, 1.82) is 0 Å². The summed E-state index contributed by atoms with van der Waals surface area (Å²) < 4.78 is 10.3. The van der Waals surface area contributed by atoms with Gasteiger partial charge in [0.1, 0.15) is 5.75 Å². The number of esters is 1. The lowest BCUT2D eigenvalue weighted by atomic mass is 10.0. The lowest BCUT2D eigenvalue weighted by Gasteiger charge is -2.08. The molecule has 0 N–H and O–H groups in total. The van der Waals surface area contributed by atoms with Gasteiger partial charge in [-0.2, -0.15) is 0 Å². The molecule has 0 spiro atoms. The van der Waals surface area contributed by atoms with E-state index in [2.05, 4.69) is 6.92 Å². The zero-order valence-electron chi connectivity index (χ0n) is 14.8. The van der Waals surface area contributed by atoms with Gasteiger partial charge in [0.05, 0.1) is 13.7 Å². The molecule has 3 nitrogen and oxygen atoms in total. The maximum atomic E-state index is 12.1. The molecule has 0 saturated heterocycles. The molecular formula is C20H30O3. The molecule has 1 rings (SSSR count). The lowest BCUT2D eigenvalue weighted by Crippen LogP contribution is -2.07. The molecule has 0 unspecified atom stereocenters. The maximum Gasteiger partial charge on any atom is 0.334 e. The molecule has 0 radical (unpaired) electrons. The van der Waals surface area contributed by atoms with Gasteiger partial charge in [0.25, 0.3) is 0 Å². The standard InChI is InChI=1S/C20H30O3/c1-4-6-7-8-9-10-11-18(20(21)23-5-2)16-17-12-14-19(22-3)15-13-17/h12-16H,4-11H2,1-3H3/b18-16+. The Morgan fingerprint density at radius 1 is 1.00 bits per heavy atom. The molecule has 1 aromatic rings. The summed E-state index contributed by atoms with van der Waals surface area (Å²) in [5.41, 5.74) is 1.76. The summed E-state index contributed by atoms with van der Waals surface area (Å²) in [5.74, 6) is 0.618. The minimum atomic E-state index is -0.197. The fourth-order valence-corrected chi connectivity index (χ4v) is 2.45. The number of rotatable bonds is 11. The van der Waals surface area contributed by atoms with Crippen LogP contribution in [-0.2, 0) is 9.53 Å². The molecule has 128 valence electrons. The largest absolute Gasteiger partial charge is 0.497 e. The molecule has 0 amide bonds. The summed E-state index contributed by atoms with van der Waals surface area (Å²) in [6.07, 6.45) is 9.99. The minimum Gasteiger partial charge on any atom is -0.497 e. The van der Waals surface area contributed by atoms with Crippen molar-refractivity contribution in [2.24, 2.45) is 0 Å². The first-order chi connectivity index (χ1) is 11.2. The highest BCUT2D eigenvalue weighted by atomic mass is 16.5. The van der Waals surface area contributed by atoms with Crippen LogP contribution in [0.3, 0.4) is 0 Å². The van der Waals surface area contributed by atoms with Crippen LogP contribution in [-0.4, -0.2) is 19.7 Å². The Bertz CT molecular complexity index is 474. The van der Waals surface area contributed by atoms with Crippen molar-refractivity contribution in [3.63, 3.8) is 0 Å². The summed E-state index contributed by atoms with van der Waals surface area (Å²) in [7, 11) is 1.65. The Kier molecular flexibility index (Phi) is 9.85. The van der Waals surface area contributed by atoms with E-state index in [9.17, 15) is 4.79 Å². The van der Waals surface area contributed by atoms with Crippen molar-refractivity contribution in [3.8, 4) is 5.75 Å². The summed E-state index contributed by atoms with van der Waals surface area (Å²) in [6.45, 7) is 4.47. The van der Waals surface area contributed by atoms with Gasteiger partial charge in [-0.25, -0.2) is 4.79 Å². The molecule has 0 aliphatic carbocycles. The normalized spacial score (nSPS) is 11.3. The zero-order valence-corrected chi connectivity index (χ0v) is 14.8. The Labute approximate surface area is 140 Å². The average Bonchev–Trinajstić information content (AvgIpc) is 2.57. The molecule has 0 heterocycles. The van der Waals surface area contributed by atoms with Crippen LogP contribution in [0.15, 0.2) is 29.8 Å². The molecule has 1 aromatic carbocycles. The zero-order chi connectivity index (χ0) is 16.9. The first-order valence-electron chi connectivity index (χ1n) is 8.73. The van der Waals surface area contributed by atoms with Gasteiger partial charge in [-0.15, -0.1) is 0 Å². The Balaban J connectivity index is 2.63. The van der Waals surface area contributed by atoms with E-state index in [0.717, 1.165) is 29.7 Å². The first kappa shape index (κ1) is 19.3. The fraction of sp³-hybridized carbons (Fsp3) is 0.550. The van der Waals surface area contributed by atoms with Crippen molar-refractivity contribution in [2.75, 3.05) is 13.7 Å². The molecule has 0 aliphatic heterocycles. The third kappa shape index (κ3) is 7.87. The van der Waals surface area contributed by atoms with E-state index < -0.39 is 0 Å². The second-order valence-corrected chi connectivity index (χ2v) is 5.68. The first-order valence-corrected chi connectivity index (χ1v) is 8.73. The minimum absolute atomic E-state index is 0.197. The quantitative estimate of drug-likeness (QED) is 0.312. The number of unbranched alkanes of at least 4 members (excludes halogenated alkanes) is 5. The topological polar surface area (TPSA) is 35.5 Å². The van der Waals surface area contributed by atoms with E-state index in [1.807, 2.05) is 37.3 Å². The van der Waals surface area contributed by atoms with E-state index >= 15 is 0 Å². The summed E-state index contributed by atoms with van der Waals surface area (Å²) in [5, 5.41) is 0. The Hall–Kier alpha value is -1.77. The third-order valence-electron chi connectivity index (χ3n) is 3.79. The van der Waals surface area contributed by atoms with E-state index in [1.54, 1.807) is 7.11 Å². The number of carbonyl (C=O) groups excluding carboxylic acids is 1.